The minimum Gasteiger partial charge on any atom is -0.278 e. The van der Waals surface area contributed by atoms with E-state index in [0.717, 1.165) is 5.92 Å². The molecule has 0 bridgehead atoms. The van der Waals surface area contributed by atoms with Gasteiger partial charge in [0.1, 0.15) is 0 Å². The Morgan fingerprint density at radius 2 is 2.13 bits per heavy atom. The Kier molecular flexibility index (Phi) is 1.84. The number of aromatic nitrogens is 2. The van der Waals surface area contributed by atoms with Crippen molar-refractivity contribution in [1.82, 2.24) is 10.2 Å². The van der Waals surface area contributed by atoms with E-state index < -0.39 is 0 Å². The van der Waals surface area contributed by atoms with Crippen molar-refractivity contribution in [2.45, 2.75) is 38.5 Å². The van der Waals surface area contributed by atoms with Crippen LogP contribution < -0.4 is 0 Å². The van der Waals surface area contributed by atoms with E-state index in [1.54, 1.807) is 5.56 Å². The number of nitrogens with one attached hydrogen (secondary N) is 1. The predicted molar refractivity (Wildman–Crippen MR) is 62.2 cm³/mol. The van der Waals surface area contributed by atoms with Crippen LogP contribution in [0.15, 0.2) is 18.3 Å². The molecular formula is C13H16N2. The molecule has 0 amide bonds. The molecule has 1 aromatic heterocycles. The monoisotopic (exact) mass is 200 g/mol. The average Bonchev–Trinajstić information content (AvgIpc) is 2.94. The van der Waals surface area contributed by atoms with Gasteiger partial charge in [-0.2, -0.15) is 5.10 Å². The topological polar surface area (TPSA) is 28.7 Å². The maximum Gasteiger partial charge on any atom is 0.0653 e. The van der Waals surface area contributed by atoms with Crippen LogP contribution in [0, 0.1) is 0 Å². The molecule has 0 atom stereocenters. The van der Waals surface area contributed by atoms with Crippen molar-refractivity contribution >= 4 is 10.9 Å². The number of benzene rings is 1. The van der Waals surface area contributed by atoms with Gasteiger partial charge in [0, 0.05) is 5.39 Å². The largest absolute Gasteiger partial charge is 0.278 e. The molecule has 0 unspecified atom stereocenters. The summed E-state index contributed by atoms with van der Waals surface area (Å²) >= 11 is 0. The molecule has 2 nitrogen and oxygen atoms in total. The summed E-state index contributed by atoms with van der Waals surface area (Å²) in [5.74, 6) is 1.41. The number of H-pyrrole nitrogens is 1. The van der Waals surface area contributed by atoms with E-state index >= 15 is 0 Å². The first-order valence-electron chi connectivity index (χ1n) is 5.73. The van der Waals surface area contributed by atoms with Crippen LogP contribution in [-0.2, 0) is 0 Å². The highest BCUT2D eigenvalue weighted by Crippen LogP contribution is 2.44. The van der Waals surface area contributed by atoms with E-state index in [4.69, 9.17) is 0 Å². The van der Waals surface area contributed by atoms with Gasteiger partial charge in [0.25, 0.3) is 0 Å². The second kappa shape index (κ2) is 3.09. The van der Waals surface area contributed by atoms with Gasteiger partial charge in [-0.15, -0.1) is 0 Å². The number of aromatic amines is 1. The molecule has 1 aliphatic carbocycles. The molecule has 0 aliphatic heterocycles. The molecule has 3 rings (SSSR count). The number of rotatable bonds is 2. The fraction of sp³-hybridized carbons (Fsp3) is 0.462. The highest BCUT2D eigenvalue weighted by Gasteiger charge is 2.27. The van der Waals surface area contributed by atoms with Gasteiger partial charge in [0.15, 0.2) is 0 Å². The molecule has 15 heavy (non-hydrogen) atoms. The lowest BCUT2D eigenvalue weighted by Gasteiger charge is -2.13. The van der Waals surface area contributed by atoms with Crippen LogP contribution in [0.4, 0.5) is 0 Å². The van der Waals surface area contributed by atoms with E-state index in [0.29, 0.717) is 5.92 Å². The molecule has 1 saturated carbocycles. The van der Waals surface area contributed by atoms with Gasteiger partial charge in [0.2, 0.25) is 0 Å². The molecule has 1 N–H and O–H groups in total. The smallest absolute Gasteiger partial charge is 0.0653 e. The standard InChI is InChI=1S/C13H16N2/c1-8(2)13-10(9-3-4-9)5-6-12-11(13)7-14-15-12/h5-9H,3-4H2,1-2H3,(H,14,15). The predicted octanol–water partition coefficient (Wildman–Crippen LogP) is 3.56. The van der Waals surface area contributed by atoms with E-state index in [9.17, 15) is 0 Å². The van der Waals surface area contributed by atoms with Crippen molar-refractivity contribution in [3.05, 3.63) is 29.5 Å². The first-order valence-corrected chi connectivity index (χ1v) is 5.73. The molecule has 1 aromatic carbocycles. The van der Waals surface area contributed by atoms with Crippen LogP contribution in [0.5, 0.6) is 0 Å². The number of hydrogen-bond donors (Lipinski definition) is 1. The van der Waals surface area contributed by atoms with Gasteiger partial charge in [-0.3, -0.25) is 5.10 Å². The van der Waals surface area contributed by atoms with Crippen LogP contribution in [0.3, 0.4) is 0 Å². The number of hydrogen-bond acceptors (Lipinski definition) is 1. The van der Waals surface area contributed by atoms with Crippen LogP contribution in [0.25, 0.3) is 10.9 Å². The van der Waals surface area contributed by atoms with Gasteiger partial charge in [-0.05, 0) is 41.9 Å². The number of fused-ring (bicyclic) bond motifs is 1. The second-order valence-corrected chi connectivity index (χ2v) is 4.83. The van der Waals surface area contributed by atoms with Crippen LogP contribution >= 0.6 is 0 Å². The maximum absolute atomic E-state index is 4.14. The highest BCUT2D eigenvalue weighted by atomic mass is 15.1. The molecule has 2 heteroatoms. The molecule has 0 radical (unpaired) electrons. The van der Waals surface area contributed by atoms with Crippen LogP contribution in [0.1, 0.15) is 49.7 Å². The minimum absolute atomic E-state index is 0.585. The van der Waals surface area contributed by atoms with Crippen LogP contribution in [0.2, 0.25) is 0 Å². The summed E-state index contributed by atoms with van der Waals surface area (Å²) in [6.45, 7) is 4.54. The fourth-order valence-corrected chi connectivity index (χ4v) is 2.45. The van der Waals surface area contributed by atoms with E-state index in [-0.39, 0.29) is 0 Å². The quantitative estimate of drug-likeness (QED) is 0.788. The minimum atomic E-state index is 0.585. The van der Waals surface area contributed by atoms with Crippen LogP contribution in [-0.4, -0.2) is 10.2 Å². The van der Waals surface area contributed by atoms with Crippen molar-refractivity contribution in [3.63, 3.8) is 0 Å². The second-order valence-electron chi connectivity index (χ2n) is 4.83. The van der Waals surface area contributed by atoms with Crippen molar-refractivity contribution in [3.8, 4) is 0 Å². The lowest BCUT2D eigenvalue weighted by Crippen LogP contribution is -1.95. The fourth-order valence-electron chi connectivity index (χ4n) is 2.45. The Balaban J connectivity index is 2.29. The first kappa shape index (κ1) is 8.96. The molecule has 0 spiro atoms. The molecule has 1 heterocycles. The van der Waals surface area contributed by atoms with Gasteiger partial charge in [0.05, 0.1) is 11.7 Å². The third-order valence-corrected chi connectivity index (χ3v) is 3.29. The molecule has 78 valence electrons. The van der Waals surface area contributed by atoms with E-state index in [1.165, 1.54) is 29.3 Å². The Hall–Kier alpha value is -1.31. The van der Waals surface area contributed by atoms with Crippen molar-refractivity contribution < 1.29 is 0 Å². The first-order chi connectivity index (χ1) is 7.27. The maximum atomic E-state index is 4.14. The lowest BCUT2D eigenvalue weighted by molar-refractivity contribution is 0.852. The third kappa shape index (κ3) is 1.36. The number of nitrogens with zero attached hydrogens (tertiary/aromatic N) is 1. The molecule has 1 fully saturated rings. The molecule has 1 aliphatic rings. The average molecular weight is 200 g/mol. The van der Waals surface area contributed by atoms with E-state index in [1.807, 2.05) is 6.20 Å². The van der Waals surface area contributed by atoms with Gasteiger partial charge < -0.3 is 0 Å². The summed E-state index contributed by atoms with van der Waals surface area (Å²) in [5, 5.41) is 8.51. The molecule has 2 aromatic rings. The zero-order chi connectivity index (χ0) is 10.4. The summed E-state index contributed by atoms with van der Waals surface area (Å²) in [4.78, 5) is 0. The van der Waals surface area contributed by atoms with Crippen molar-refractivity contribution in [2.24, 2.45) is 0 Å². The Morgan fingerprint density at radius 3 is 2.80 bits per heavy atom. The SMILES string of the molecule is CC(C)c1c(C2CC2)ccc2[nH]ncc12. The summed E-state index contributed by atoms with van der Waals surface area (Å²) in [6, 6.07) is 4.45. The Morgan fingerprint density at radius 1 is 1.33 bits per heavy atom. The van der Waals surface area contributed by atoms with Crippen molar-refractivity contribution in [2.75, 3.05) is 0 Å². The van der Waals surface area contributed by atoms with Gasteiger partial charge in [-0.1, -0.05) is 19.9 Å². The normalized spacial score (nSPS) is 16.5. The summed E-state index contributed by atoms with van der Waals surface area (Å²) in [7, 11) is 0. The van der Waals surface area contributed by atoms with Gasteiger partial charge >= 0.3 is 0 Å². The highest BCUT2D eigenvalue weighted by molar-refractivity contribution is 5.83. The van der Waals surface area contributed by atoms with Crippen molar-refractivity contribution in [1.29, 1.82) is 0 Å². The Labute approximate surface area is 89.7 Å². The zero-order valence-electron chi connectivity index (χ0n) is 9.25. The summed E-state index contributed by atoms with van der Waals surface area (Å²) < 4.78 is 0. The van der Waals surface area contributed by atoms with E-state index in [2.05, 4.69) is 36.2 Å². The summed E-state index contributed by atoms with van der Waals surface area (Å²) in [5.41, 5.74) is 4.23. The zero-order valence-corrected chi connectivity index (χ0v) is 9.25. The third-order valence-electron chi connectivity index (χ3n) is 3.29. The Bertz CT molecular complexity index is 492. The molecule has 0 saturated heterocycles. The lowest BCUT2D eigenvalue weighted by atomic mass is 9.91. The van der Waals surface area contributed by atoms with Gasteiger partial charge in [-0.25, -0.2) is 0 Å². The molecular weight excluding hydrogens is 184 g/mol. The summed E-state index contributed by atoms with van der Waals surface area (Å²) in [6.07, 6.45) is 4.70.